The fraction of sp³-hybridized carbons (Fsp3) is 0.333. The van der Waals surface area contributed by atoms with E-state index in [4.69, 9.17) is 14.2 Å². The Morgan fingerprint density at radius 2 is 1.70 bits per heavy atom. The highest BCUT2D eigenvalue weighted by atomic mass is 16.7. The maximum absolute atomic E-state index is 6.32. The molecule has 0 aromatic heterocycles. The lowest BCUT2D eigenvalue weighted by molar-refractivity contribution is -0.110. The molecule has 5 rings (SSSR count). The van der Waals surface area contributed by atoms with E-state index in [0.717, 1.165) is 24.0 Å². The molecule has 2 aromatic carbocycles. The van der Waals surface area contributed by atoms with Gasteiger partial charge in [0.05, 0.1) is 25.9 Å². The molecule has 1 saturated heterocycles. The Hall–Kier alpha value is -2.20. The summed E-state index contributed by atoms with van der Waals surface area (Å²) in [4.78, 5) is 0. The topological polar surface area (TPSA) is 27.7 Å². The van der Waals surface area contributed by atoms with Crippen LogP contribution in [-0.2, 0) is 20.6 Å². The van der Waals surface area contributed by atoms with Gasteiger partial charge in [0.25, 0.3) is 0 Å². The van der Waals surface area contributed by atoms with E-state index in [9.17, 15) is 0 Å². The zero-order valence-corrected chi connectivity index (χ0v) is 15.6. The summed E-state index contributed by atoms with van der Waals surface area (Å²) in [6.07, 6.45) is 4.37. The van der Waals surface area contributed by atoms with Crippen LogP contribution >= 0.6 is 0 Å². The SMILES string of the molecule is CC1(C2=C3c4ccccc4CCC3OC/C2=C\c2ccccc2)OCCO1. The Morgan fingerprint density at radius 1 is 0.963 bits per heavy atom. The van der Waals surface area contributed by atoms with E-state index >= 15 is 0 Å². The molecule has 0 amide bonds. The van der Waals surface area contributed by atoms with Gasteiger partial charge in [0, 0.05) is 5.57 Å². The average molecular weight is 360 g/mol. The van der Waals surface area contributed by atoms with E-state index in [-0.39, 0.29) is 6.10 Å². The van der Waals surface area contributed by atoms with Crippen LogP contribution in [0, 0.1) is 0 Å². The molecule has 138 valence electrons. The molecule has 3 heteroatoms. The highest BCUT2D eigenvalue weighted by Crippen LogP contribution is 2.46. The van der Waals surface area contributed by atoms with Crippen molar-refractivity contribution < 1.29 is 14.2 Å². The van der Waals surface area contributed by atoms with Gasteiger partial charge in [-0.1, -0.05) is 54.6 Å². The molecular weight excluding hydrogens is 336 g/mol. The Kier molecular flexibility index (Phi) is 4.24. The van der Waals surface area contributed by atoms with Crippen LogP contribution in [0.1, 0.15) is 30.0 Å². The van der Waals surface area contributed by atoms with Crippen molar-refractivity contribution in [2.75, 3.05) is 19.8 Å². The molecule has 2 heterocycles. The first kappa shape index (κ1) is 16.9. The second-order valence-electron chi connectivity index (χ2n) is 7.51. The average Bonchev–Trinajstić information content (AvgIpc) is 3.15. The molecular formula is C24H24O3. The smallest absolute Gasteiger partial charge is 0.192 e. The molecule has 3 nitrogen and oxygen atoms in total. The van der Waals surface area contributed by atoms with Crippen LogP contribution in [0.4, 0.5) is 0 Å². The molecule has 1 fully saturated rings. The third-order valence-electron chi connectivity index (χ3n) is 5.77. The Balaban J connectivity index is 1.74. The normalized spacial score (nSPS) is 25.4. The van der Waals surface area contributed by atoms with Crippen LogP contribution < -0.4 is 0 Å². The maximum atomic E-state index is 6.32. The summed E-state index contributed by atoms with van der Waals surface area (Å²) in [6, 6.07) is 19.1. The van der Waals surface area contributed by atoms with Crippen LogP contribution in [0.3, 0.4) is 0 Å². The summed E-state index contributed by atoms with van der Waals surface area (Å²) in [7, 11) is 0. The van der Waals surface area contributed by atoms with Crippen LogP contribution in [0.2, 0.25) is 0 Å². The quantitative estimate of drug-likeness (QED) is 0.781. The number of fused-ring (bicyclic) bond motifs is 3. The molecule has 0 N–H and O–H groups in total. The third kappa shape index (κ3) is 2.96. The maximum Gasteiger partial charge on any atom is 0.192 e. The van der Waals surface area contributed by atoms with E-state index < -0.39 is 5.79 Å². The fourth-order valence-corrected chi connectivity index (χ4v) is 4.56. The van der Waals surface area contributed by atoms with Crippen molar-refractivity contribution in [3.05, 3.63) is 82.4 Å². The molecule has 0 bridgehead atoms. The highest BCUT2D eigenvalue weighted by Gasteiger charge is 2.44. The molecule has 0 saturated carbocycles. The molecule has 1 unspecified atom stereocenters. The van der Waals surface area contributed by atoms with E-state index in [0.29, 0.717) is 19.8 Å². The van der Waals surface area contributed by atoms with Crippen molar-refractivity contribution >= 4 is 11.6 Å². The molecule has 0 spiro atoms. The predicted molar refractivity (Wildman–Crippen MR) is 106 cm³/mol. The van der Waals surface area contributed by atoms with Crippen LogP contribution in [0.15, 0.2) is 65.7 Å². The minimum Gasteiger partial charge on any atom is -0.369 e. The summed E-state index contributed by atoms with van der Waals surface area (Å²) in [5.74, 6) is -0.720. The zero-order chi connectivity index (χ0) is 18.3. The molecule has 27 heavy (non-hydrogen) atoms. The number of benzene rings is 2. The van der Waals surface area contributed by atoms with Gasteiger partial charge >= 0.3 is 0 Å². The van der Waals surface area contributed by atoms with Gasteiger partial charge in [-0.2, -0.15) is 0 Å². The van der Waals surface area contributed by atoms with Crippen molar-refractivity contribution in [3.8, 4) is 0 Å². The Labute approximate surface area is 160 Å². The summed E-state index contributed by atoms with van der Waals surface area (Å²) >= 11 is 0. The number of rotatable bonds is 2. The summed E-state index contributed by atoms with van der Waals surface area (Å²) in [5.41, 5.74) is 7.38. The number of aryl methyl sites for hydroxylation is 1. The zero-order valence-electron chi connectivity index (χ0n) is 15.6. The minimum absolute atomic E-state index is 0.104. The lowest BCUT2D eigenvalue weighted by Gasteiger charge is -2.40. The second kappa shape index (κ2) is 6.75. The van der Waals surface area contributed by atoms with Gasteiger partial charge in [-0.05, 0) is 53.7 Å². The molecule has 1 atom stereocenters. The van der Waals surface area contributed by atoms with Crippen LogP contribution in [-0.4, -0.2) is 31.7 Å². The monoisotopic (exact) mass is 360 g/mol. The van der Waals surface area contributed by atoms with Gasteiger partial charge in [0.15, 0.2) is 5.79 Å². The third-order valence-corrected chi connectivity index (χ3v) is 5.77. The van der Waals surface area contributed by atoms with E-state index in [1.54, 1.807) is 0 Å². The Bertz CT molecular complexity index is 904. The summed E-state index contributed by atoms with van der Waals surface area (Å²) < 4.78 is 18.6. The minimum atomic E-state index is -0.720. The highest BCUT2D eigenvalue weighted by molar-refractivity contribution is 5.83. The Morgan fingerprint density at radius 3 is 2.52 bits per heavy atom. The number of hydrogen-bond acceptors (Lipinski definition) is 3. The first-order chi connectivity index (χ1) is 13.2. The van der Waals surface area contributed by atoms with E-state index in [1.807, 2.05) is 6.07 Å². The lowest BCUT2D eigenvalue weighted by Crippen LogP contribution is -2.38. The number of ether oxygens (including phenoxy) is 3. The predicted octanol–water partition coefficient (Wildman–Crippen LogP) is 4.63. The molecule has 2 aromatic rings. The van der Waals surface area contributed by atoms with Gasteiger partial charge in [-0.3, -0.25) is 0 Å². The van der Waals surface area contributed by atoms with Crippen LogP contribution in [0.25, 0.3) is 11.6 Å². The molecule has 3 aliphatic rings. The standard InChI is InChI=1S/C24H24O3/c1-24(26-13-14-27-24)23-19(15-17-7-3-2-4-8-17)16-25-21-12-11-18-9-5-6-10-20(18)22(21)23/h2-10,15,21H,11-14,16H2,1H3/b19-15+. The van der Waals surface area contributed by atoms with Crippen LogP contribution in [0.5, 0.6) is 0 Å². The van der Waals surface area contributed by atoms with Gasteiger partial charge in [-0.15, -0.1) is 0 Å². The van der Waals surface area contributed by atoms with E-state index in [1.165, 1.54) is 22.3 Å². The molecule has 2 aliphatic heterocycles. The van der Waals surface area contributed by atoms with Crippen molar-refractivity contribution in [2.45, 2.75) is 31.7 Å². The van der Waals surface area contributed by atoms with Gasteiger partial charge in [0.2, 0.25) is 0 Å². The first-order valence-corrected chi connectivity index (χ1v) is 9.73. The van der Waals surface area contributed by atoms with Crippen molar-refractivity contribution in [2.24, 2.45) is 0 Å². The summed E-state index contributed by atoms with van der Waals surface area (Å²) in [6.45, 7) is 3.89. The van der Waals surface area contributed by atoms with Gasteiger partial charge < -0.3 is 14.2 Å². The molecule has 0 radical (unpaired) electrons. The number of hydrogen-bond donors (Lipinski definition) is 0. The van der Waals surface area contributed by atoms with Gasteiger partial charge in [-0.25, -0.2) is 0 Å². The first-order valence-electron chi connectivity index (χ1n) is 9.73. The van der Waals surface area contributed by atoms with Gasteiger partial charge in [0.1, 0.15) is 0 Å². The second-order valence-corrected chi connectivity index (χ2v) is 7.51. The molecule has 1 aliphatic carbocycles. The van der Waals surface area contributed by atoms with Crippen molar-refractivity contribution in [1.29, 1.82) is 0 Å². The lowest BCUT2D eigenvalue weighted by atomic mass is 9.77. The summed E-state index contributed by atoms with van der Waals surface area (Å²) in [5, 5.41) is 0. The van der Waals surface area contributed by atoms with Crippen molar-refractivity contribution in [1.82, 2.24) is 0 Å². The van der Waals surface area contributed by atoms with E-state index in [2.05, 4.69) is 61.5 Å². The largest absolute Gasteiger partial charge is 0.369 e. The van der Waals surface area contributed by atoms with Crippen molar-refractivity contribution in [3.63, 3.8) is 0 Å². The fourth-order valence-electron chi connectivity index (χ4n) is 4.56.